The molecule has 4 aromatic carbocycles. The lowest BCUT2D eigenvalue weighted by Crippen LogP contribution is -2.59. The highest BCUT2D eigenvalue weighted by Crippen LogP contribution is 2.42. The van der Waals surface area contributed by atoms with Crippen LogP contribution in [0.25, 0.3) is 0 Å². The van der Waals surface area contributed by atoms with Gasteiger partial charge in [0.15, 0.2) is 0 Å². The number of carbonyl (C=O) groups excluding carboxylic acids is 3. The van der Waals surface area contributed by atoms with Gasteiger partial charge >= 0.3 is 30.7 Å². The van der Waals surface area contributed by atoms with E-state index in [0.29, 0.717) is 98.8 Å². The first-order valence-corrected chi connectivity index (χ1v) is 34.8. The molecule has 2 aliphatic carbocycles. The highest BCUT2D eigenvalue weighted by molar-refractivity contribution is 9.10. The number of anilines is 2. The van der Waals surface area contributed by atoms with E-state index in [1.807, 2.05) is 79.4 Å². The van der Waals surface area contributed by atoms with Crippen molar-refractivity contribution in [3.63, 3.8) is 0 Å². The third kappa shape index (κ3) is 24.0. The van der Waals surface area contributed by atoms with Crippen molar-refractivity contribution in [2.24, 2.45) is 23.7 Å². The second kappa shape index (κ2) is 37.0. The molecule has 30 heteroatoms. The van der Waals surface area contributed by atoms with Crippen LogP contribution in [0, 0.1) is 23.7 Å². The van der Waals surface area contributed by atoms with Crippen LogP contribution in [0.3, 0.4) is 0 Å². The number of nitrogens with one attached hydrogen (secondary N) is 1. The number of aliphatic carboxylic acids is 1. The molecule has 0 bridgehead atoms. The molecule has 2 aromatic heterocycles. The molecule has 552 valence electrons. The van der Waals surface area contributed by atoms with E-state index < -0.39 is 64.9 Å². The van der Waals surface area contributed by atoms with Crippen molar-refractivity contribution in [2.45, 2.75) is 198 Å². The monoisotopic (exact) mass is 1610 g/mol. The predicted molar refractivity (Wildman–Crippen MR) is 371 cm³/mol. The molecule has 4 aliphatic rings. The summed E-state index contributed by atoms with van der Waals surface area (Å²) >= 11 is 17.2. The summed E-state index contributed by atoms with van der Waals surface area (Å²) in [6, 6.07) is 21.6. The first kappa shape index (κ1) is 83.8. The number of nitrogens with zero attached hydrogens (tertiary/aromatic N) is 7. The van der Waals surface area contributed by atoms with Crippen LogP contribution in [0.5, 0.6) is 0 Å². The fourth-order valence-electron chi connectivity index (χ4n) is 13.7. The van der Waals surface area contributed by atoms with Crippen molar-refractivity contribution in [1.29, 1.82) is 0 Å². The van der Waals surface area contributed by atoms with E-state index in [1.54, 1.807) is 9.80 Å². The molecule has 6 atom stereocenters. The SMILES string of the molecule is C.CC[C@@H]1C[C@H](N(Cc2cc(C(F)(F)F)cc(C(F)(F)F)c2)c2ncc(Br)cn2)C[C@H](Cc2ccccc2)N1.CC[C@@H]1C[C@H](N(Cc2cc(C(F)(F)F)cc(C(F)(F)F)c2)c2ncc(Br)cn2)C[C@H](Cc2ccccc2)N1C(=O)C1CCC(C(=O)O)CC1.Cl.O=C(Cl)C1CCC(C(=O)Cl)CC1. The summed E-state index contributed by atoms with van der Waals surface area (Å²) in [6.07, 6.45) is -4.76. The van der Waals surface area contributed by atoms with Gasteiger partial charge in [-0.3, -0.25) is 19.2 Å². The molecule has 2 saturated heterocycles. The number of amides is 1. The average molecular weight is 1620 g/mol. The number of hydrogen-bond donors (Lipinski definition) is 2. The second-order valence-corrected chi connectivity index (χ2v) is 28.2. The van der Waals surface area contributed by atoms with E-state index in [4.69, 9.17) is 23.2 Å². The van der Waals surface area contributed by atoms with Gasteiger partial charge in [-0.25, -0.2) is 19.9 Å². The Bertz CT molecular complexity index is 3560. The molecule has 10 rings (SSSR count). The Balaban J connectivity index is 0.000000273. The van der Waals surface area contributed by atoms with Gasteiger partial charge in [0.05, 0.1) is 37.1 Å². The number of aromatic nitrogens is 4. The van der Waals surface area contributed by atoms with Crippen molar-refractivity contribution in [1.82, 2.24) is 30.2 Å². The van der Waals surface area contributed by atoms with E-state index in [-0.39, 0.29) is 132 Å². The maximum absolute atomic E-state index is 14.3. The Hall–Kier alpha value is -6.13. The Kier molecular flexibility index (Phi) is 30.7. The van der Waals surface area contributed by atoms with Crippen LogP contribution in [0.4, 0.5) is 64.6 Å². The first-order chi connectivity index (χ1) is 46.7. The van der Waals surface area contributed by atoms with Crippen molar-refractivity contribution >= 4 is 102 Å². The lowest BCUT2D eigenvalue weighted by Gasteiger charge is -2.49. The maximum Gasteiger partial charge on any atom is 0.416 e. The van der Waals surface area contributed by atoms with Crippen LogP contribution in [-0.2, 0) is 69.8 Å². The largest absolute Gasteiger partial charge is 0.481 e. The smallest absolute Gasteiger partial charge is 0.416 e. The standard InChI is InChI=1S/C35H37BrF6N4O3.C27H27BrF6N4.C8H10Cl2O2.CH4.ClH/c1-2-28-16-29(17-30(14-21-6-4-3-5-7-21)46(28)31(47)23-8-10-24(11-9-23)32(48)49)45(33-43-18-27(36)19-44-33)20-22-12-25(34(37,38)39)15-26(13-22)35(40,41)42;1-2-22-12-24(13-23(37-22)10-17-6-4-3-5-7-17)38(25-35-14-21(28)15-36-25)16-18-8-19(26(29,30)31)11-20(9-18)27(32,33)34;9-7(11)5-1-2-6(4-3-5)8(10)12;;/h3-7,12-13,15,18-19,23-24,28-30H,2,8-11,14,16-17,20H2,1H3,(H,48,49);3-9,11,14-15,22-24,37H,2,10,12-13,16H2,1H3;5-6H,1-4H2;1H4;1H/t23?,24?,28-,29+,30+;22-,23+,24+;;;/m11.../s1. The summed E-state index contributed by atoms with van der Waals surface area (Å²) in [5.41, 5.74) is -3.68. The topological polar surface area (TPSA) is 162 Å². The summed E-state index contributed by atoms with van der Waals surface area (Å²) in [6.45, 7) is 3.45. The van der Waals surface area contributed by atoms with Gasteiger partial charge in [0.1, 0.15) is 0 Å². The quantitative estimate of drug-likeness (QED) is 0.0620. The summed E-state index contributed by atoms with van der Waals surface area (Å²) in [4.78, 5) is 70.1. The summed E-state index contributed by atoms with van der Waals surface area (Å²) in [7, 11) is 0. The number of alkyl halides is 12. The number of rotatable bonds is 18. The molecule has 2 saturated carbocycles. The molecule has 0 spiro atoms. The van der Waals surface area contributed by atoms with E-state index in [0.717, 1.165) is 48.2 Å². The molecular formula is C71H79Br2Cl3F12N8O5. The van der Waals surface area contributed by atoms with Gasteiger partial charge in [0.25, 0.3) is 0 Å². The van der Waals surface area contributed by atoms with Gasteiger partial charge < -0.3 is 25.1 Å². The minimum absolute atomic E-state index is 0. The first-order valence-electron chi connectivity index (χ1n) is 32.5. The molecule has 4 heterocycles. The van der Waals surface area contributed by atoms with Crippen LogP contribution in [0.15, 0.2) is 131 Å². The lowest BCUT2D eigenvalue weighted by atomic mass is 9.79. The number of likely N-dealkylation sites (tertiary alicyclic amines) is 1. The molecule has 101 heavy (non-hydrogen) atoms. The maximum atomic E-state index is 14.3. The third-order valence-electron chi connectivity index (χ3n) is 18.7. The minimum Gasteiger partial charge on any atom is -0.481 e. The van der Waals surface area contributed by atoms with Crippen LogP contribution in [0.1, 0.15) is 156 Å². The number of benzene rings is 4. The zero-order valence-electron chi connectivity index (χ0n) is 54.2. The Morgan fingerprint density at radius 2 is 0.842 bits per heavy atom. The number of piperidine rings is 2. The van der Waals surface area contributed by atoms with Gasteiger partial charge in [-0.15, -0.1) is 12.4 Å². The fourth-order valence-corrected chi connectivity index (χ4v) is 14.5. The van der Waals surface area contributed by atoms with Gasteiger partial charge in [-0.05, 0) is 216 Å². The number of carbonyl (C=O) groups is 4. The summed E-state index contributed by atoms with van der Waals surface area (Å²) in [5.74, 6) is -1.45. The Morgan fingerprint density at radius 1 is 0.495 bits per heavy atom. The lowest BCUT2D eigenvalue weighted by molar-refractivity contribution is -0.149. The van der Waals surface area contributed by atoms with Gasteiger partial charge in [-0.1, -0.05) is 81.9 Å². The highest BCUT2D eigenvalue weighted by Gasteiger charge is 2.45. The predicted octanol–water partition coefficient (Wildman–Crippen LogP) is 19.4. The minimum atomic E-state index is -5.00. The fraction of sp³-hybridized carbons (Fsp3) is 0.493. The molecule has 0 radical (unpaired) electrons. The van der Waals surface area contributed by atoms with E-state index >= 15 is 0 Å². The van der Waals surface area contributed by atoms with Gasteiger partial charge in [0.2, 0.25) is 28.3 Å². The van der Waals surface area contributed by atoms with Crippen molar-refractivity contribution in [2.75, 3.05) is 9.80 Å². The van der Waals surface area contributed by atoms with Crippen molar-refractivity contribution < 1.29 is 77.0 Å². The number of carboxylic acids is 1. The normalized spacial score (nSPS) is 22.5. The summed E-state index contributed by atoms with van der Waals surface area (Å²) in [5, 5.41) is 12.6. The molecule has 13 nitrogen and oxygen atoms in total. The third-order valence-corrected chi connectivity index (χ3v) is 20.2. The van der Waals surface area contributed by atoms with Crippen LogP contribution < -0.4 is 15.1 Å². The van der Waals surface area contributed by atoms with Gasteiger partial charge in [0, 0.05) is 91.9 Å². The molecule has 1 amide bonds. The second-order valence-electron chi connectivity index (χ2n) is 25.6. The Labute approximate surface area is 612 Å². The van der Waals surface area contributed by atoms with E-state index in [9.17, 15) is 77.0 Å². The number of carboxylic acid groups (broad SMARTS) is 1. The summed E-state index contributed by atoms with van der Waals surface area (Å²) < 4.78 is 165. The van der Waals surface area contributed by atoms with E-state index in [1.165, 1.54) is 24.8 Å². The number of hydrogen-bond acceptors (Lipinski definition) is 11. The highest BCUT2D eigenvalue weighted by atomic mass is 79.9. The Morgan fingerprint density at radius 3 is 1.20 bits per heavy atom. The van der Waals surface area contributed by atoms with Crippen LogP contribution in [0.2, 0.25) is 0 Å². The zero-order valence-corrected chi connectivity index (χ0v) is 59.7. The zero-order chi connectivity index (χ0) is 72.1. The van der Waals surface area contributed by atoms with Gasteiger partial charge in [-0.2, -0.15) is 52.7 Å². The average Bonchev–Trinajstić information content (AvgIpc) is 0.782. The number of halogens is 17. The van der Waals surface area contributed by atoms with Crippen LogP contribution >= 0.6 is 67.5 Å². The molecule has 4 fully saturated rings. The molecule has 6 aromatic rings. The molecule has 2 N–H and O–H groups in total. The van der Waals surface area contributed by atoms with Crippen molar-refractivity contribution in [3.05, 3.63) is 175 Å². The molecular weight excluding hydrogens is 1540 g/mol. The molecule has 2 aliphatic heterocycles. The molecule has 0 unspecified atom stereocenters. The van der Waals surface area contributed by atoms with Crippen molar-refractivity contribution in [3.8, 4) is 0 Å². The van der Waals surface area contributed by atoms with E-state index in [2.05, 4.69) is 57.1 Å². The van der Waals surface area contributed by atoms with Crippen LogP contribution in [-0.4, -0.2) is 88.6 Å².